The number of benzene rings is 1. The maximum atomic E-state index is 12.9. The Morgan fingerprint density at radius 1 is 1.17 bits per heavy atom. The van der Waals surface area contributed by atoms with Crippen molar-refractivity contribution in [2.24, 2.45) is 5.92 Å². The number of rotatable bonds is 10. The average molecular weight is 515 g/mol. The lowest BCUT2D eigenvalue weighted by Gasteiger charge is -2.22. The second-order valence-corrected chi connectivity index (χ2v) is 9.00. The first-order valence-electron chi connectivity index (χ1n) is 11.6. The van der Waals surface area contributed by atoms with Gasteiger partial charge in [-0.2, -0.15) is 5.10 Å². The predicted molar refractivity (Wildman–Crippen MR) is 138 cm³/mol. The van der Waals surface area contributed by atoms with Gasteiger partial charge in [-0.1, -0.05) is 31.9 Å². The fourth-order valence-corrected chi connectivity index (χ4v) is 3.65. The van der Waals surface area contributed by atoms with Crippen LogP contribution < -0.4 is 15.4 Å². The number of amides is 1. The molecule has 3 rings (SSSR count). The zero-order chi connectivity index (χ0) is 26.4. The Balaban J connectivity index is 1.83. The maximum absolute atomic E-state index is 12.9. The lowest BCUT2D eigenvalue weighted by Crippen LogP contribution is -2.45. The molecule has 0 saturated heterocycles. The van der Waals surface area contributed by atoms with E-state index < -0.39 is 17.9 Å². The summed E-state index contributed by atoms with van der Waals surface area (Å²) in [5, 5.41) is 10.6. The molecule has 1 aromatic carbocycles. The summed E-state index contributed by atoms with van der Waals surface area (Å²) in [7, 11) is 2.79. The van der Waals surface area contributed by atoms with E-state index in [4.69, 9.17) is 21.1 Å². The highest BCUT2D eigenvalue weighted by atomic mass is 35.5. The second-order valence-electron chi connectivity index (χ2n) is 8.59. The first-order valence-corrected chi connectivity index (χ1v) is 12.0. The van der Waals surface area contributed by atoms with Crippen LogP contribution in [0.25, 0.3) is 11.3 Å². The lowest BCUT2D eigenvalue weighted by molar-refractivity contribution is -0.144. The van der Waals surface area contributed by atoms with Gasteiger partial charge in [0.1, 0.15) is 11.8 Å². The molecule has 11 heteroatoms. The van der Waals surface area contributed by atoms with Crippen LogP contribution in [0.15, 0.2) is 36.8 Å². The van der Waals surface area contributed by atoms with Crippen LogP contribution in [-0.2, 0) is 9.53 Å². The highest BCUT2D eigenvalue weighted by Gasteiger charge is 2.27. The third-order valence-corrected chi connectivity index (χ3v) is 6.09. The molecule has 3 aromatic rings. The molecular weight excluding hydrogens is 484 g/mol. The Labute approximate surface area is 215 Å². The fraction of sp³-hybridized carbons (Fsp3) is 0.400. The Morgan fingerprint density at radius 3 is 2.53 bits per heavy atom. The predicted octanol–water partition coefficient (Wildman–Crippen LogP) is 4.64. The van der Waals surface area contributed by atoms with Gasteiger partial charge in [-0.3, -0.25) is 9.48 Å². The Hall–Kier alpha value is -3.66. The summed E-state index contributed by atoms with van der Waals surface area (Å²) in [6.45, 7) is 7.88. The molecule has 2 heterocycles. The van der Waals surface area contributed by atoms with E-state index in [1.165, 1.54) is 20.4 Å². The Kier molecular flexibility index (Phi) is 8.87. The number of hydrogen-bond acceptors (Lipinski definition) is 8. The van der Waals surface area contributed by atoms with Gasteiger partial charge in [-0.25, -0.2) is 14.8 Å². The number of carbonyl (C=O) groups excluding carboxylic acids is 2. The smallest absolute Gasteiger partial charge is 0.328 e. The van der Waals surface area contributed by atoms with Gasteiger partial charge in [0.15, 0.2) is 0 Å². The van der Waals surface area contributed by atoms with E-state index >= 15 is 0 Å². The minimum Gasteiger partial charge on any atom is -0.495 e. The van der Waals surface area contributed by atoms with Crippen molar-refractivity contribution in [3.05, 3.63) is 47.4 Å². The molecule has 10 nitrogen and oxygen atoms in total. The van der Waals surface area contributed by atoms with E-state index in [0.717, 1.165) is 5.56 Å². The number of halogens is 1. The molecule has 36 heavy (non-hydrogen) atoms. The molecule has 2 aromatic heterocycles. The molecule has 2 atom stereocenters. The van der Waals surface area contributed by atoms with Crippen LogP contribution in [0, 0.1) is 5.92 Å². The van der Waals surface area contributed by atoms with Crippen molar-refractivity contribution in [2.75, 3.05) is 19.5 Å². The first-order chi connectivity index (χ1) is 17.2. The molecule has 0 aliphatic rings. The number of hydrogen-bond donors (Lipinski definition) is 2. The third kappa shape index (κ3) is 6.12. The van der Waals surface area contributed by atoms with Gasteiger partial charge in [0, 0.05) is 23.4 Å². The summed E-state index contributed by atoms with van der Waals surface area (Å²) in [4.78, 5) is 33.8. The normalized spacial score (nSPS) is 12.7. The molecule has 0 radical (unpaired) electrons. The van der Waals surface area contributed by atoms with Gasteiger partial charge in [-0.05, 0) is 38.0 Å². The van der Waals surface area contributed by atoms with Crippen molar-refractivity contribution < 1.29 is 19.1 Å². The Morgan fingerprint density at radius 2 is 1.92 bits per heavy atom. The van der Waals surface area contributed by atoms with Gasteiger partial charge in [0.2, 0.25) is 5.95 Å². The van der Waals surface area contributed by atoms with E-state index in [2.05, 4.69) is 25.7 Å². The molecule has 192 valence electrons. The van der Waals surface area contributed by atoms with Crippen LogP contribution in [0.1, 0.15) is 50.5 Å². The van der Waals surface area contributed by atoms with Crippen LogP contribution in [0.3, 0.4) is 0 Å². The summed E-state index contributed by atoms with van der Waals surface area (Å²) in [6.07, 6.45) is 5.78. The quantitative estimate of drug-likeness (QED) is 0.375. The topological polar surface area (TPSA) is 120 Å². The van der Waals surface area contributed by atoms with Crippen LogP contribution in [0.2, 0.25) is 5.02 Å². The van der Waals surface area contributed by atoms with Crippen LogP contribution >= 0.6 is 11.6 Å². The van der Waals surface area contributed by atoms with E-state index in [-0.39, 0.29) is 12.0 Å². The average Bonchev–Trinajstić information content (AvgIpc) is 3.38. The maximum Gasteiger partial charge on any atom is 0.328 e. The summed E-state index contributed by atoms with van der Waals surface area (Å²) < 4.78 is 12.2. The van der Waals surface area contributed by atoms with Crippen molar-refractivity contribution in [3.8, 4) is 17.0 Å². The van der Waals surface area contributed by atoms with Crippen molar-refractivity contribution in [3.63, 3.8) is 0 Å². The van der Waals surface area contributed by atoms with Gasteiger partial charge in [-0.15, -0.1) is 0 Å². The fourth-order valence-electron chi connectivity index (χ4n) is 3.45. The molecule has 2 unspecified atom stereocenters. The zero-order valence-corrected chi connectivity index (χ0v) is 22.0. The molecule has 0 fully saturated rings. The lowest BCUT2D eigenvalue weighted by atomic mass is 9.98. The summed E-state index contributed by atoms with van der Waals surface area (Å²) >= 11 is 6.35. The van der Waals surface area contributed by atoms with E-state index in [1.807, 2.05) is 38.6 Å². The van der Waals surface area contributed by atoms with Crippen molar-refractivity contribution in [2.45, 2.75) is 46.2 Å². The minimum absolute atomic E-state index is 0.0897. The Bertz CT molecular complexity index is 1230. The second kappa shape index (κ2) is 11.9. The highest BCUT2D eigenvalue weighted by Crippen LogP contribution is 2.31. The van der Waals surface area contributed by atoms with E-state index in [0.29, 0.717) is 40.1 Å². The van der Waals surface area contributed by atoms with Gasteiger partial charge in [0.25, 0.3) is 5.91 Å². The standard InChI is InChI=1S/C25H31ClN6O4/c1-7-15(4)21(24(34)36-6)30-23(33)16-8-9-19(20(10-16)35-5)29-25-27-12-18(26)22(31-25)17-11-28-32(13-17)14(2)3/h8-15,21H,7H2,1-6H3,(H,30,33)(H,27,29,31). The summed E-state index contributed by atoms with van der Waals surface area (Å²) in [5.41, 5.74) is 2.18. The number of nitrogens with one attached hydrogen (secondary N) is 2. The highest BCUT2D eigenvalue weighted by molar-refractivity contribution is 6.32. The molecule has 0 spiro atoms. The van der Waals surface area contributed by atoms with Crippen molar-refractivity contribution in [1.29, 1.82) is 0 Å². The SMILES string of the molecule is CCC(C)C(NC(=O)c1ccc(Nc2ncc(Cl)c(-c3cnn(C(C)C)c3)n2)c(OC)c1)C(=O)OC. The monoisotopic (exact) mass is 514 g/mol. The van der Waals surface area contributed by atoms with Gasteiger partial charge in [0.05, 0.1) is 43.0 Å². The zero-order valence-electron chi connectivity index (χ0n) is 21.2. The molecule has 0 saturated carbocycles. The first kappa shape index (κ1) is 26.9. The van der Waals surface area contributed by atoms with Crippen LogP contribution in [0.4, 0.5) is 11.6 Å². The molecule has 0 aliphatic carbocycles. The van der Waals surface area contributed by atoms with Crippen molar-refractivity contribution >= 4 is 35.1 Å². The number of aromatic nitrogens is 4. The number of esters is 1. The minimum atomic E-state index is -0.753. The van der Waals surface area contributed by atoms with Crippen LogP contribution in [0.5, 0.6) is 5.75 Å². The van der Waals surface area contributed by atoms with Crippen molar-refractivity contribution in [1.82, 2.24) is 25.1 Å². The van der Waals surface area contributed by atoms with Crippen LogP contribution in [-0.4, -0.2) is 51.9 Å². The molecule has 1 amide bonds. The van der Waals surface area contributed by atoms with Gasteiger partial charge >= 0.3 is 5.97 Å². The molecular formula is C25H31ClN6O4. The number of methoxy groups -OCH3 is 2. The van der Waals surface area contributed by atoms with E-state index in [1.54, 1.807) is 24.4 Å². The number of anilines is 2. The number of nitrogens with zero attached hydrogens (tertiary/aromatic N) is 4. The third-order valence-electron chi connectivity index (χ3n) is 5.81. The summed E-state index contributed by atoms with van der Waals surface area (Å²) in [5.74, 6) is -0.299. The molecule has 0 bridgehead atoms. The van der Waals surface area contributed by atoms with E-state index in [9.17, 15) is 9.59 Å². The largest absolute Gasteiger partial charge is 0.495 e. The number of carbonyl (C=O) groups is 2. The summed E-state index contributed by atoms with van der Waals surface area (Å²) in [6, 6.07) is 4.32. The molecule has 2 N–H and O–H groups in total. The number of ether oxygens (including phenoxy) is 2. The molecule has 0 aliphatic heterocycles. The van der Waals surface area contributed by atoms with Gasteiger partial charge < -0.3 is 20.1 Å².